The summed E-state index contributed by atoms with van der Waals surface area (Å²) < 4.78 is 0. The highest BCUT2D eigenvalue weighted by Crippen LogP contribution is 2.21. The number of thioether (sulfide) groups is 1. The number of rotatable bonds is 4. The Kier molecular flexibility index (Phi) is 5.13. The van der Waals surface area contributed by atoms with E-state index < -0.39 is 0 Å². The van der Waals surface area contributed by atoms with Crippen LogP contribution in [0.1, 0.15) is 33.6 Å². The van der Waals surface area contributed by atoms with Crippen LogP contribution in [0.3, 0.4) is 0 Å². The van der Waals surface area contributed by atoms with E-state index >= 15 is 0 Å². The first-order valence-corrected chi connectivity index (χ1v) is 7.14. The molecule has 0 N–H and O–H groups in total. The van der Waals surface area contributed by atoms with E-state index in [1.54, 1.807) is 0 Å². The van der Waals surface area contributed by atoms with Crippen LogP contribution in [0.4, 0.5) is 0 Å². The molecule has 1 saturated heterocycles. The van der Waals surface area contributed by atoms with Crippen LogP contribution in [0.15, 0.2) is 0 Å². The molecule has 0 radical (unpaired) electrons. The van der Waals surface area contributed by atoms with Crippen LogP contribution >= 0.6 is 11.8 Å². The van der Waals surface area contributed by atoms with Gasteiger partial charge in [-0.15, -0.1) is 0 Å². The van der Waals surface area contributed by atoms with Gasteiger partial charge in [0.2, 0.25) is 0 Å². The maximum Gasteiger partial charge on any atom is 0.138 e. The third-order valence-electron chi connectivity index (χ3n) is 3.68. The zero-order chi connectivity index (χ0) is 11.4. The van der Waals surface area contributed by atoms with Gasteiger partial charge in [0, 0.05) is 30.2 Å². The Bertz CT molecular complexity index is 220. The Balaban J connectivity index is 2.39. The molecule has 0 saturated carbocycles. The molecule has 1 fully saturated rings. The van der Waals surface area contributed by atoms with Gasteiger partial charge >= 0.3 is 0 Å². The van der Waals surface area contributed by atoms with Gasteiger partial charge in [0.1, 0.15) is 5.78 Å². The second kappa shape index (κ2) is 5.90. The van der Waals surface area contributed by atoms with Crippen molar-refractivity contribution in [3.8, 4) is 0 Å². The Morgan fingerprint density at radius 1 is 1.53 bits per heavy atom. The number of ketones is 1. The Morgan fingerprint density at radius 2 is 2.20 bits per heavy atom. The van der Waals surface area contributed by atoms with E-state index in [1.165, 1.54) is 6.42 Å². The van der Waals surface area contributed by atoms with Crippen molar-refractivity contribution < 1.29 is 4.79 Å². The maximum atomic E-state index is 11.5. The smallest absolute Gasteiger partial charge is 0.138 e. The lowest BCUT2D eigenvalue weighted by Crippen LogP contribution is -2.47. The molecule has 1 aliphatic rings. The average Bonchev–Trinajstić information content (AvgIpc) is 2.24. The van der Waals surface area contributed by atoms with Gasteiger partial charge in [0.05, 0.1) is 0 Å². The maximum absolute atomic E-state index is 11.5. The molecule has 0 spiro atoms. The van der Waals surface area contributed by atoms with E-state index in [2.05, 4.69) is 31.9 Å². The summed E-state index contributed by atoms with van der Waals surface area (Å²) >= 11 is 1.92. The molecule has 15 heavy (non-hydrogen) atoms. The standard InChI is InChI=1S/C12H23NOS/c1-9(15-4)5-7-13-8-6-12(14)10(2)11(13)3/h9-11H,5-8H2,1-4H3. The van der Waals surface area contributed by atoms with E-state index in [0.717, 1.165) is 24.8 Å². The third-order valence-corrected chi connectivity index (χ3v) is 4.72. The van der Waals surface area contributed by atoms with Crippen molar-refractivity contribution in [1.82, 2.24) is 4.90 Å². The highest BCUT2D eigenvalue weighted by Gasteiger charge is 2.30. The van der Waals surface area contributed by atoms with Crippen LogP contribution in [0.5, 0.6) is 0 Å². The highest BCUT2D eigenvalue weighted by molar-refractivity contribution is 7.99. The van der Waals surface area contributed by atoms with Crippen LogP contribution in [-0.2, 0) is 4.79 Å². The summed E-state index contributed by atoms with van der Waals surface area (Å²) in [4.78, 5) is 14.0. The van der Waals surface area contributed by atoms with Crippen LogP contribution in [0, 0.1) is 5.92 Å². The van der Waals surface area contributed by atoms with Crippen LogP contribution < -0.4 is 0 Å². The van der Waals surface area contributed by atoms with E-state index in [4.69, 9.17) is 0 Å². The average molecular weight is 229 g/mol. The molecule has 0 aromatic heterocycles. The van der Waals surface area contributed by atoms with Crippen LogP contribution in [0.25, 0.3) is 0 Å². The molecule has 1 heterocycles. The van der Waals surface area contributed by atoms with Gasteiger partial charge in [-0.3, -0.25) is 9.69 Å². The number of hydrogen-bond donors (Lipinski definition) is 0. The molecule has 0 aromatic rings. The quantitative estimate of drug-likeness (QED) is 0.738. The number of Topliss-reactive ketones (excluding diaryl/α,β-unsaturated/α-hetero) is 1. The lowest BCUT2D eigenvalue weighted by molar-refractivity contribution is -0.127. The van der Waals surface area contributed by atoms with Crippen molar-refractivity contribution in [2.24, 2.45) is 5.92 Å². The van der Waals surface area contributed by atoms with Crippen molar-refractivity contribution in [2.45, 2.75) is 44.9 Å². The highest BCUT2D eigenvalue weighted by atomic mass is 32.2. The predicted octanol–water partition coefficient (Wildman–Crippen LogP) is 2.43. The SMILES string of the molecule is CSC(C)CCN1CCC(=O)C(C)C1C. The Hall–Kier alpha value is -0.0200. The van der Waals surface area contributed by atoms with E-state index in [0.29, 0.717) is 11.8 Å². The van der Waals surface area contributed by atoms with Gasteiger partial charge in [-0.25, -0.2) is 0 Å². The van der Waals surface area contributed by atoms with Crippen LogP contribution in [-0.4, -0.2) is 41.3 Å². The fraction of sp³-hybridized carbons (Fsp3) is 0.917. The first-order valence-electron chi connectivity index (χ1n) is 5.85. The second-order valence-corrected chi connectivity index (χ2v) is 5.89. The molecule has 0 amide bonds. The van der Waals surface area contributed by atoms with Gasteiger partial charge < -0.3 is 0 Å². The number of hydrogen-bond acceptors (Lipinski definition) is 3. The van der Waals surface area contributed by atoms with Crippen molar-refractivity contribution >= 4 is 17.5 Å². The molecule has 3 unspecified atom stereocenters. The number of carbonyl (C=O) groups excluding carboxylic acids is 1. The van der Waals surface area contributed by atoms with Gasteiger partial charge in [-0.05, 0) is 26.1 Å². The van der Waals surface area contributed by atoms with Gasteiger partial charge in [0.15, 0.2) is 0 Å². The number of carbonyl (C=O) groups is 1. The topological polar surface area (TPSA) is 20.3 Å². The first-order chi connectivity index (χ1) is 7.06. The molecule has 0 aliphatic carbocycles. The molecule has 1 aliphatic heterocycles. The van der Waals surface area contributed by atoms with Crippen molar-refractivity contribution in [2.75, 3.05) is 19.3 Å². The summed E-state index contributed by atoms with van der Waals surface area (Å²) in [5, 5.41) is 0.727. The summed E-state index contributed by atoms with van der Waals surface area (Å²) in [5.74, 6) is 0.667. The normalized spacial score (nSPS) is 30.5. The second-order valence-electron chi connectivity index (χ2n) is 4.62. The van der Waals surface area contributed by atoms with Crippen LogP contribution in [0.2, 0.25) is 0 Å². The zero-order valence-electron chi connectivity index (χ0n) is 10.3. The summed E-state index contributed by atoms with van der Waals surface area (Å²) in [7, 11) is 0. The summed E-state index contributed by atoms with van der Waals surface area (Å²) in [6.45, 7) is 8.63. The van der Waals surface area contributed by atoms with Crippen molar-refractivity contribution in [3.63, 3.8) is 0 Å². The third kappa shape index (κ3) is 3.49. The fourth-order valence-corrected chi connectivity index (χ4v) is 2.39. The van der Waals surface area contributed by atoms with E-state index in [1.807, 2.05) is 11.8 Å². The zero-order valence-corrected chi connectivity index (χ0v) is 11.1. The first kappa shape index (κ1) is 13.0. The summed E-state index contributed by atoms with van der Waals surface area (Å²) in [6, 6.07) is 0.431. The van der Waals surface area contributed by atoms with Gasteiger partial charge in [-0.2, -0.15) is 11.8 Å². The van der Waals surface area contributed by atoms with Crippen molar-refractivity contribution in [1.29, 1.82) is 0 Å². The molecule has 88 valence electrons. The largest absolute Gasteiger partial charge is 0.299 e. The van der Waals surface area contributed by atoms with E-state index in [9.17, 15) is 4.79 Å². The number of nitrogens with zero attached hydrogens (tertiary/aromatic N) is 1. The minimum Gasteiger partial charge on any atom is -0.299 e. The number of piperidine rings is 1. The molecule has 0 aromatic carbocycles. The summed E-state index contributed by atoms with van der Waals surface area (Å²) in [5.41, 5.74) is 0. The minimum absolute atomic E-state index is 0.225. The Labute approximate surface area is 97.8 Å². The summed E-state index contributed by atoms with van der Waals surface area (Å²) in [6.07, 6.45) is 4.14. The molecule has 3 heteroatoms. The fourth-order valence-electron chi connectivity index (χ4n) is 2.05. The van der Waals surface area contributed by atoms with E-state index in [-0.39, 0.29) is 5.92 Å². The molecule has 0 bridgehead atoms. The predicted molar refractivity (Wildman–Crippen MR) is 67.4 cm³/mol. The molecule has 3 atom stereocenters. The molecule has 1 rings (SSSR count). The monoisotopic (exact) mass is 229 g/mol. The lowest BCUT2D eigenvalue weighted by Gasteiger charge is -2.37. The minimum atomic E-state index is 0.225. The number of likely N-dealkylation sites (tertiary alicyclic amines) is 1. The van der Waals surface area contributed by atoms with Gasteiger partial charge in [-0.1, -0.05) is 13.8 Å². The van der Waals surface area contributed by atoms with Crippen molar-refractivity contribution in [3.05, 3.63) is 0 Å². The molecular formula is C12H23NOS. The molecule has 2 nitrogen and oxygen atoms in total. The van der Waals surface area contributed by atoms with Gasteiger partial charge in [0.25, 0.3) is 0 Å². The Morgan fingerprint density at radius 3 is 2.80 bits per heavy atom. The lowest BCUT2D eigenvalue weighted by atomic mass is 9.90. The molecular weight excluding hydrogens is 206 g/mol.